The number of aryl methyl sites for hydroxylation is 1. The molecule has 2 heterocycles. The van der Waals surface area contributed by atoms with Crippen LogP contribution in [0.25, 0.3) is 11.1 Å². The molecule has 4 heteroatoms. The predicted octanol–water partition coefficient (Wildman–Crippen LogP) is 4.30. The van der Waals surface area contributed by atoms with Crippen LogP contribution in [0, 0.1) is 18.8 Å². The van der Waals surface area contributed by atoms with Gasteiger partial charge in [-0.2, -0.15) is 0 Å². The minimum absolute atomic E-state index is 0.0504. The summed E-state index contributed by atoms with van der Waals surface area (Å²) in [5.41, 5.74) is 3.26. The maximum atomic E-state index is 13.4. The summed E-state index contributed by atoms with van der Waals surface area (Å²) in [6.07, 6.45) is 2.45. The van der Waals surface area contributed by atoms with E-state index < -0.39 is 5.60 Å². The van der Waals surface area contributed by atoms with Crippen molar-refractivity contribution in [3.05, 3.63) is 59.7 Å². The number of rotatable bonds is 3. The van der Waals surface area contributed by atoms with Crippen molar-refractivity contribution in [3.63, 3.8) is 0 Å². The lowest BCUT2D eigenvalue weighted by Crippen LogP contribution is -2.56. The van der Waals surface area contributed by atoms with E-state index in [4.69, 9.17) is 4.74 Å². The van der Waals surface area contributed by atoms with Gasteiger partial charge >= 0.3 is 0 Å². The second kappa shape index (κ2) is 8.29. The predicted molar refractivity (Wildman–Crippen MR) is 115 cm³/mol. The fourth-order valence-corrected chi connectivity index (χ4v) is 5.03. The van der Waals surface area contributed by atoms with Gasteiger partial charge in [-0.15, -0.1) is 0 Å². The molecule has 2 saturated heterocycles. The van der Waals surface area contributed by atoms with Gasteiger partial charge < -0.3 is 14.7 Å². The molecule has 0 saturated carbocycles. The van der Waals surface area contributed by atoms with Gasteiger partial charge in [-0.1, -0.05) is 55.0 Å². The first kappa shape index (κ1) is 20.1. The molecular formula is C25H31NO3. The van der Waals surface area contributed by atoms with Crippen LogP contribution in [0.1, 0.15) is 42.1 Å². The van der Waals surface area contributed by atoms with Gasteiger partial charge in [-0.3, -0.25) is 4.79 Å². The van der Waals surface area contributed by atoms with Crippen LogP contribution >= 0.6 is 0 Å². The molecule has 0 aromatic heterocycles. The van der Waals surface area contributed by atoms with Crippen LogP contribution < -0.4 is 0 Å². The van der Waals surface area contributed by atoms with Crippen LogP contribution in [0.3, 0.4) is 0 Å². The van der Waals surface area contributed by atoms with E-state index in [2.05, 4.69) is 32.0 Å². The summed E-state index contributed by atoms with van der Waals surface area (Å²) in [7, 11) is 0. The Labute approximate surface area is 173 Å². The summed E-state index contributed by atoms with van der Waals surface area (Å²) in [5, 5.41) is 11.4. The van der Waals surface area contributed by atoms with E-state index in [1.165, 1.54) is 5.56 Å². The average Bonchev–Trinajstić information content (AvgIpc) is 2.76. The third-order valence-electron chi connectivity index (χ3n) is 6.83. The van der Waals surface area contributed by atoms with Gasteiger partial charge in [0.1, 0.15) is 0 Å². The zero-order chi connectivity index (χ0) is 20.4. The van der Waals surface area contributed by atoms with Crippen molar-refractivity contribution in [2.45, 2.75) is 38.7 Å². The Balaban J connectivity index is 1.54. The largest absolute Gasteiger partial charge is 0.389 e. The highest BCUT2D eigenvalue weighted by atomic mass is 16.5. The van der Waals surface area contributed by atoms with Gasteiger partial charge in [0, 0.05) is 37.8 Å². The molecule has 29 heavy (non-hydrogen) atoms. The lowest BCUT2D eigenvalue weighted by Gasteiger charge is -2.48. The number of carbonyl (C=O) groups excluding carboxylic acids is 1. The summed E-state index contributed by atoms with van der Waals surface area (Å²) < 4.78 is 5.48. The van der Waals surface area contributed by atoms with E-state index in [1.807, 2.05) is 35.2 Å². The van der Waals surface area contributed by atoms with Gasteiger partial charge in [0.05, 0.1) is 5.60 Å². The number of likely N-dealkylation sites (tertiary alicyclic amines) is 1. The zero-order valence-corrected chi connectivity index (χ0v) is 17.4. The summed E-state index contributed by atoms with van der Waals surface area (Å²) in [5.74, 6) is 0.375. The number of benzene rings is 2. The molecule has 0 spiro atoms. The molecule has 154 valence electrons. The second-order valence-electron chi connectivity index (χ2n) is 8.70. The topological polar surface area (TPSA) is 49.8 Å². The summed E-state index contributed by atoms with van der Waals surface area (Å²) in [6, 6.07) is 16.1. The molecule has 0 bridgehead atoms. The Morgan fingerprint density at radius 1 is 1.14 bits per heavy atom. The van der Waals surface area contributed by atoms with Crippen LogP contribution in [-0.4, -0.2) is 47.8 Å². The van der Waals surface area contributed by atoms with E-state index >= 15 is 0 Å². The molecule has 2 aromatic rings. The van der Waals surface area contributed by atoms with E-state index in [1.54, 1.807) is 0 Å². The first-order valence-corrected chi connectivity index (χ1v) is 10.7. The molecule has 2 aromatic carbocycles. The molecule has 0 aliphatic carbocycles. The number of amides is 1. The molecule has 4 rings (SSSR count). The summed E-state index contributed by atoms with van der Waals surface area (Å²) in [4.78, 5) is 15.4. The standard InChI is InChI=1S/C25H31NO3/c1-18-6-5-7-20(16-18)22-8-3-4-9-23(22)24(27)26-13-12-25(28,19(2)17-26)21-10-14-29-15-11-21/h3-9,16,19,21,28H,10-15,17H2,1-2H3. The normalized spacial score (nSPS) is 25.8. The molecule has 0 radical (unpaired) electrons. The first-order chi connectivity index (χ1) is 14.0. The Kier molecular flexibility index (Phi) is 5.75. The van der Waals surface area contributed by atoms with Gasteiger partial charge in [0.2, 0.25) is 0 Å². The molecule has 2 fully saturated rings. The number of hydrogen-bond donors (Lipinski definition) is 1. The number of ether oxygens (including phenoxy) is 1. The number of carbonyl (C=O) groups is 1. The quantitative estimate of drug-likeness (QED) is 0.846. The Morgan fingerprint density at radius 3 is 2.62 bits per heavy atom. The average molecular weight is 394 g/mol. The van der Waals surface area contributed by atoms with Gasteiger partial charge in [-0.05, 0) is 49.3 Å². The smallest absolute Gasteiger partial charge is 0.254 e. The van der Waals surface area contributed by atoms with Gasteiger partial charge in [-0.25, -0.2) is 0 Å². The first-order valence-electron chi connectivity index (χ1n) is 10.7. The number of aliphatic hydroxyl groups is 1. The van der Waals surface area contributed by atoms with Crippen molar-refractivity contribution in [3.8, 4) is 11.1 Å². The summed E-state index contributed by atoms with van der Waals surface area (Å²) >= 11 is 0. The molecule has 1 amide bonds. The van der Waals surface area contributed by atoms with Crippen LogP contribution in [0.4, 0.5) is 0 Å². The van der Waals surface area contributed by atoms with Crippen molar-refractivity contribution in [1.29, 1.82) is 0 Å². The van der Waals surface area contributed by atoms with E-state index in [0.717, 1.165) is 42.7 Å². The molecule has 4 nitrogen and oxygen atoms in total. The maximum absolute atomic E-state index is 13.4. The van der Waals surface area contributed by atoms with Crippen molar-refractivity contribution < 1.29 is 14.6 Å². The number of nitrogens with zero attached hydrogens (tertiary/aromatic N) is 1. The fourth-order valence-electron chi connectivity index (χ4n) is 5.03. The molecule has 2 atom stereocenters. The van der Waals surface area contributed by atoms with Crippen LogP contribution in [0.15, 0.2) is 48.5 Å². The lowest BCUT2D eigenvalue weighted by molar-refractivity contribution is -0.125. The van der Waals surface area contributed by atoms with Gasteiger partial charge in [0.15, 0.2) is 0 Å². The minimum atomic E-state index is -0.698. The fraction of sp³-hybridized carbons (Fsp3) is 0.480. The highest BCUT2D eigenvalue weighted by molar-refractivity contribution is 6.01. The summed E-state index contributed by atoms with van der Waals surface area (Å²) in [6.45, 7) is 6.80. The molecule has 2 unspecified atom stereocenters. The van der Waals surface area contributed by atoms with Crippen molar-refractivity contribution in [1.82, 2.24) is 4.90 Å². The van der Waals surface area contributed by atoms with Crippen molar-refractivity contribution in [2.24, 2.45) is 11.8 Å². The highest BCUT2D eigenvalue weighted by Gasteiger charge is 2.46. The Hall–Kier alpha value is -2.17. The third kappa shape index (κ3) is 3.96. The Morgan fingerprint density at radius 2 is 1.90 bits per heavy atom. The van der Waals surface area contributed by atoms with E-state index in [9.17, 15) is 9.90 Å². The zero-order valence-electron chi connectivity index (χ0n) is 17.4. The van der Waals surface area contributed by atoms with Crippen LogP contribution in [0.2, 0.25) is 0 Å². The van der Waals surface area contributed by atoms with E-state index in [0.29, 0.717) is 19.5 Å². The van der Waals surface area contributed by atoms with Crippen molar-refractivity contribution in [2.75, 3.05) is 26.3 Å². The second-order valence-corrected chi connectivity index (χ2v) is 8.70. The van der Waals surface area contributed by atoms with Crippen molar-refractivity contribution >= 4 is 5.91 Å². The van der Waals surface area contributed by atoms with Gasteiger partial charge in [0.25, 0.3) is 5.91 Å². The molecular weight excluding hydrogens is 362 g/mol. The van der Waals surface area contributed by atoms with Crippen LogP contribution in [-0.2, 0) is 4.74 Å². The Bertz CT molecular complexity index is 874. The number of hydrogen-bond acceptors (Lipinski definition) is 3. The maximum Gasteiger partial charge on any atom is 0.254 e. The third-order valence-corrected chi connectivity index (χ3v) is 6.83. The molecule has 1 N–H and O–H groups in total. The van der Waals surface area contributed by atoms with Crippen LogP contribution in [0.5, 0.6) is 0 Å². The highest BCUT2D eigenvalue weighted by Crippen LogP contribution is 2.40. The molecule has 2 aliphatic heterocycles. The SMILES string of the molecule is Cc1cccc(-c2ccccc2C(=O)N2CCC(O)(C3CCOCC3)C(C)C2)c1. The minimum Gasteiger partial charge on any atom is -0.389 e. The monoisotopic (exact) mass is 393 g/mol. The van der Waals surface area contributed by atoms with E-state index in [-0.39, 0.29) is 17.7 Å². The lowest BCUT2D eigenvalue weighted by atomic mass is 9.70. The number of piperidine rings is 1. The molecule has 2 aliphatic rings.